The number of carbonyl (C=O) groups excluding carboxylic acids is 6. The number of rotatable bonds is 5. The molecule has 1 aromatic rings. The smallest absolute Gasteiger partial charge is 0.317 e. The number of benzene rings is 1. The molecule has 2 saturated carbocycles. The molecule has 0 aliphatic heterocycles. The highest BCUT2D eigenvalue weighted by atomic mass is 79.9. The van der Waals surface area contributed by atoms with Gasteiger partial charge in [0.2, 0.25) is 0 Å². The zero-order valence-electron chi connectivity index (χ0n) is 18.2. The first-order valence-corrected chi connectivity index (χ1v) is 10.6. The molecule has 2 aliphatic carbocycles. The molecular formula is C22H21BrO10. The molecule has 4 atom stereocenters. The summed E-state index contributed by atoms with van der Waals surface area (Å²) in [5.41, 5.74) is -1.74. The van der Waals surface area contributed by atoms with Crippen molar-refractivity contribution in [3.05, 3.63) is 34.3 Å². The van der Waals surface area contributed by atoms with Gasteiger partial charge in [-0.1, -0.05) is 28.1 Å². The van der Waals surface area contributed by atoms with Gasteiger partial charge in [0.1, 0.15) is 23.7 Å². The molecule has 0 spiro atoms. The molecule has 0 saturated heterocycles. The molecular weight excluding hydrogens is 504 g/mol. The van der Waals surface area contributed by atoms with Crippen molar-refractivity contribution in [1.29, 1.82) is 0 Å². The molecule has 2 fully saturated rings. The lowest BCUT2D eigenvalue weighted by molar-refractivity contribution is -0.156. The minimum Gasteiger partial charge on any atom is -0.468 e. The van der Waals surface area contributed by atoms with Crippen molar-refractivity contribution in [3.63, 3.8) is 0 Å². The Balaban J connectivity index is 2.49. The van der Waals surface area contributed by atoms with E-state index in [0.29, 0.717) is 4.47 Å². The van der Waals surface area contributed by atoms with Gasteiger partial charge in [-0.15, -0.1) is 0 Å². The number of ketones is 2. The van der Waals surface area contributed by atoms with Crippen molar-refractivity contribution < 1.29 is 47.7 Å². The first-order valence-electron chi connectivity index (χ1n) is 9.78. The number of halogens is 1. The summed E-state index contributed by atoms with van der Waals surface area (Å²) in [5, 5.41) is 0. The van der Waals surface area contributed by atoms with Crippen LogP contribution < -0.4 is 0 Å². The second-order valence-electron chi connectivity index (χ2n) is 7.68. The third-order valence-corrected chi connectivity index (χ3v) is 7.06. The molecule has 0 heterocycles. The van der Waals surface area contributed by atoms with Gasteiger partial charge in [0.05, 0.1) is 28.4 Å². The van der Waals surface area contributed by atoms with Gasteiger partial charge in [-0.05, 0) is 17.7 Å². The molecule has 4 unspecified atom stereocenters. The number of hydrogen-bond donors (Lipinski definition) is 0. The standard InChI is InChI=1S/C22H21BrO10/c1-30-18(26)11-13-12(19(27)31-2)17(25)15(21(29)33-4)22(13,9-5-7-10(23)8-6-9)14(16(11)24)20(28)32-3/h5-8,11-15H,1-4H3. The van der Waals surface area contributed by atoms with Crippen LogP contribution in [0, 0.1) is 29.6 Å². The van der Waals surface area contributed by atoms with Gasteiger partial charge >= 0.3 is 23.9 Å². The highest BCUT2D eigenvalue weighted by molar-refractivity contribution is 9.10. The van der Waals surface area contributed by atoms with Crippen molar-refractivity contribution in [2.24, 2.45) is 29.6 Å². The van der Waals surface area contributed by atoms with Gasteiger partial charge in [-0.25, -0.2) is 0 Å². The monoisotopic (exact) mass is 524 g/mol. The topological polar surface area (TPSA) is 139 Å². The highest BCUT2D eigenvalue weighted by Gasteiger charge is 2.79. The second-order valence-corrected chi connectivity index (χ2v) is 8.60. The van der Waals surface area contributed by atoms with Crippen molar-refractivity contribution in [1.82, 2.24) is 0 Å². The number of esters is 4. The lowest BCUT2D eigenvalue weighted by atomic mass is 9.62. The number of hydrogen-bond acceptors (Lipinski definition) is 10. The van der Waals surface area contributed by atoms with Crippen LogP contribution in [0.1, 0.15) is 5.56 Å². The maximum Gasteiger partial charge on any atom is 0.317 e. The zero-order chi connectivity index (χ0) is 24.7. The van der Waals surface area contributed by atoms with Crippen molar-refractivity contribution in [3.8, 4) is 0 Å². The average molecular weight is 525 g/mol. The van der Waals surface area contributed by atoms with Crippen LogP contribution in [0.3, 0.4) is 0 Å². The third-order valence-electron chi connectivity index (χ3n) is 6.54. The summed E-state index contributed by atoms with van der Waals surface area (Å²) in [6.45, 7) is 0. The first kappa shape index (κ1) is 24.6. The van der Waals surface area contributed by atoms with E-state index < -0.39 is 70.4 Å². The fourth-order valence-electron chi connectivity index (χ4n) is 5.38. The van der Waals surface area contributed by atoms with E-state index in [4.69, 9.17) is 18.9 Å². The Labute approximate surface area is 197 Å². The van der Waals surface area contributed by atoms with Crippen molar-refractivity contribution in [2.45, 2.75) is 5.41 Å². The summed E-state index contributed by atoms with van der Waals surface area (Å²) in [6, 6.07) is 6.16. The van der Waals surface area contributed by atoms with E-state index in [9.17, 15) is 28.8 Å². The summed E-state index contributed by atoms with van der Waals surface area (Å²) >= 11 is 3.29. The van der Waals surface area contributed by atoms with Crippen molar-refractivity contribution >= 4 is 51.4 Å². The molecule has 0 bridgehead atoms. The fourth-order valence-corrected chi connectivity index (χ4v) is 5.65. The van der Waals surface area contributed by atoms with Gasteiger partial charge in [-0.3, -0.25) is 28.8 Å². The lowest BCUT2D eigenvalue weighted by Gasteiger charge is -2.37. The van der Waals surface area contributed by atoms with Crippen LogP contribution in [0.15, 0.2) is 28.7 Å². The van der Waals surface area contributed by atoms with Gasteiger partial charge in [-0.2, -0.15) is 0 Å². The average Bonchev–Trinajstić information content (AvgIpc) is 3.22. The molecule has 3 rings (SSSR count). The Bertz CT molecular complexity index is 974. The maximum absolute atomic E-state index is 13.6. The van der Waals surface area contributed by atoms with E-state index in [1.165, 1.54) is 12.1 Å². The highest BCUT2D eigenvalue weighted by Crippen LogP contribution is 2.64. The molecule has 0 amide bonds. The summed E-state index contributed by atoms with van der Waals surface area (Å²) in [4.78, 5) is 78.7. The molecule has 0 radical (unpaired) electrons. The summed E-state index contributed by atoms with van der Waals surface area (Å²) < 4.78 is 19.9. The second kappa shape index (κ2) is 9.05. The third kappa shape index (κ3) is 3.36. The predicted molar refractivity (Wildman–Crippen MR) is 111 cm³/mol. The number of fused-ring (bicyclic) bond motifs is 1. The normalized spacial score (nSPS) is 30.4. The first-order chi connectivity index (χ1) is 15.6. The molecule has 2 aliphatic rings. The Morgan fingerprint density at radius 3 is 1.39 bits per heavy atom. The van der Waals surface area contributed by atoms with Crippen LogP contribution in [0.5, 0.6) is 0 Å². The van der Waals surface area contributed by atoms with E-state index in [1.807, 2.05) is 0 Å². The zero-order valence-corrected chi connectivity index (χ0v) is 19.7. The van der Waals surface area contributed by atoms with Gasteiger partial charge in [0.15, 0.2) is 11.6 Å². The SMILES string of the molecule is COC(=O)C1C(=O)C(C(=O)OC)C2(c3ccc(Br)cc3)C(C(=O)OC)C(=O)C(C(=O)OC)C12. The van der Waals surface area contributed by atoms with Gasteiger partial charge < -0.3 is 18.9 Å². The van der Waals surface area contributed by atoms with Gasteiger partial charge in [0, 0.05) is 15.8 Å². The molecule has 176 valence electrons. The predicted octanol–water partition coefficient (Wildman–Crippen LogP) is 0.625. The number of carbonyl (C=O) groups is 6. The van der Waals surface area contributed by atoms with Crippen LogP contribution in [-0.4, -0.2) is 63.9 Å². The van der Waals surface area contributed by atoms with Crippen LogP contribution >= 0.6 is 15.9 Å². The minimum absolute atomic E-state index is 0.209. The Hall–Kier alpha value is -3.08. The quantitative estimate of drug-likeness (QED) is 0.306. The number of ether oxygens (including phenoxy) is 4. The van der Waals surface area contributed by atoms with E-state index in [0.717, 1.165) is 28.4 Å². The van der Waals surface area contributed by atoms with Crippen LogP contribution in [0.25, 0.3) is 0 Å². The minimum atomic E-state index is -1.95. The Morgan fingerprint density at radius 1 is 0.697 bits per heavy atom. The van der Waals surface area contributed by atoms with E-state index in [2.05, 4.69) is 15.9 Å². The number of methoxy groups -OCH3 is 4. The fraction of sp³-hybridized carbons (Fsp3) is 0.455. The molecule has 0 aromatic heterocycles. The molecule has 11 heteroatoms. The number of Topliss-reactive ketones (excluding diaryl/α,β-unsaturated/α-hetero) is 2. The van der Waals surface area contributed by atoms with E-state index in [1.54, 1.807) is 12.1 Å². The Kier molecular flexibility index (Phi) is 6.73. The van der Waals surface area contributed by atoms with E-state index >= 15 is 0 Å². The van der Waals surface area contributed by atoms with Crippen molar-refractivity contribution in [2.75, 3.05) is 28.4 Å². The summed E-state index contributed by atoms with van der Waals surface area (Å²) in [6.07, 6.45) is 0. The van der Waals surface area contributed by atoms with E-state index in [-0.39, 0.29) is 5.56 Å². The summed E-state index contributed by atoms with van der Waals surface area (Å²) in [7, 11) is 4.13. The molecule has 0 N–H and O–H groups in total. The van der Waals surface area contributed by atoms with Gasteiger partial charge in [0.25, 0.3) is 0 Å². The molecule has 33 heavy (non-hydrogen) atoms. The molecule has 1 aromatic carbocycles. The summed E-state index contributed by atoms with van der Waals surface area (Å²) in [5.74, 6) is -14.5. The maximum atomic E-state index is 13.6. The molecule has 10 nitrogen and oxygen atoms in total. The lowest BCUT2D eigenvalue weighted by Crippen LogP contribution is -2.49. The van der Waals surface area contributed by atoms with Crippen LogP contribution in [0.4, 0.5) is 0 Å². The Morgan fingerprint density at radius 2 is 1.06 bits per heavy atom. The largest absolute Gasteiger partial charge is 0.468 e. The van der Waals surface area contributed by atoms with Crippen LogP contribution in [0.2, 0.25) is 0 Å². The van der Waals surface area contributed by atoms with Crippen LogP contribution in [-0.2, 0) is 53.1 Å².